The zero-order chi connectivity index (χ0) is 11.6. The van der Waals surface area contributed by atoms with Crippen molar-refractivity contribution in [3.05, 3.63) is 17.0 Å². The van der Waals surface area contributed by atoms with Crippen LogP contribution in [0.25, 0.3) is 0 Å². The third-order valence-corrected chi connectivity index (χ3v) is 1.72. The monoisotopic (exact) mass is 229 g/mol. The summed E-state index contributed by atoms with van der Waals surface area (Å²) in [6.45, 7) is 5.25. The number of esters is 1. The van der Waals surface area contributed by atoms with Crippen molar-refractivity contribution in [1.82, 2.24) is 9.97 Å². The van der Waals surface area contributed by atoms with Gasteiger partial charge in [0.2, 0.25) is 0 Å². The van der Waals surface area contributed by atoms with Crippen molar-refractivity contribution in [3.63, 3.8) is 0 Å². The highest BCUT2D eigenvalue weighted by Gasteiger charge is 2.23. The van der Waals surface area contributed by atoms with E-state index < -0.39 is 11.6 Å². The summed E-state index contributed by atoms with van der Waals surface area (Å²) in [6.07, 6.45) is 1.19. The average molecular weight is 230 g/mol. The van der Waals surface area contributed by atoms with E-state index in [1.54, 1.807) is 20.8 Å². The van der Waals surface area contributed by atoms with Crippen molar-refractivity contribution in [2.45, 2.75) is 26.4 Å². The lowest BCUT2D eigenvalue weighted by Crippen LogP contribution is -2.25. The second-order valence-corrected chi connectivity index (χ2v) is 4.28. The normalized spacial score (nSPS) is 11.2. The molecular weight excluding hydrogens is 218 g/mol. The van der Waals surface area contributed by atoms with Crippen LogP contribution in [0, 0.1) is 0 Å². The maximum atomic E-state index is 11.6. The van der Waals surface area contributed by atoms with E-state index >= 15 is 0 Å². The molecule has 2 N–H and O–H groups in total. The van der Waals surface area contributed by atoms with Gasteiger partial charge in [0, 0.05) is 0 Å². The van der Waals surface area contributed by atoms with E-state index in [-0.39, 0.29) is 16.5 Å². The van der Waals surface area contributed by atoms with E-state index in [1.165, 1.54) is 6.33 Å². The van der Waals surface area contributed by atoms with Gasteiger partial charge < -0.3 is 10.5 Å². The highest BCUT2D eigenvalue weighted by molar-refractivity contribution is 6.32. The van der Waals surface area contributed by atoms with Crippen molar-refractivity contribution in [2.24, 2.45) is 0 Å². The molecule has 0 radical (unpaired) electrons. The first kappa shape index (κ1) is 11.7. The van der Waals surface area contributed by atoms with Crippen molar-refractivity contribution in [3.8, 4) is 0 Å². The van der Waals surface area contributed by atoms with Crippen molar-refractivity contribution in [1.29, 1.82) is 0 Å². The second-order valence-electron chi connectivity index (χ2n) is 3.93. The Morgan fingerprint density at radius 2 is 2.07 bits per heavy atom. The third kappa shape index (κ3) is 3.06. The molecule has 0 aliphatic rings. The highest BCUT2D eigenvalue weighted by Crippen LogP contribution is 2.20. The van der Waals surface area contributed by atoms with Crippen LogP contribution in [0.3, 0.4) is 0 Å². The number of ether oxygens (including phenoxy) is 1. The van der Waals surface area contributed by atoms with Crippen molar-refractivity contribution in [2.75, 3.05) is 5.73 Å². The van der Waals surface area contributed by atoms with Gasteiger partial charge in [-0.05, 0) is 20.8 Å². The summed E-state index contributed by atoms with van der Waals surface area (Å²) in [6, 6.07) is 0. The second kappa shape index (κ2) is 4.02. The average Bonchev–Trinajstić information content (AvgIpc) is 1.99. The molecule has 82 valence electrons. The van der Waals surface area contributed by atoms with E-state index in [4.69, 9.17) is 22.1 Å². The van der Waals surface area contributed by atoms with Gasteiger partial charge in [-0.15, -0.1) is 0 Å². The van der Waals surface area contributed by atoms with Gasteiger partial charge in [-0.1, -0.05) is 11.6 Å². The molecule has 1 heterocycles. The third-order valence-electron chi connectivity index (χ3n) is 1.43. The zero-order valence-electron chi connectivity index (χ0n) is 8.74. The van der Waals surface area contributed by atoms with Crippen molar-refractivity contribution < 1.29 is 9.53 Å². The van der Waals surface area contributed by atoms with Crippen LogP contribution in [0.15, 0.2) is 6.33 Å². The molecule has 0 spiro atoms. The van der Waals surface area contributed by atoms with E-state index in [1.807, 2.05) is 0 Å². The molecule has 0 saturated heterocycles. The molecule has 0 atom stereocenters. The van der Waals surface area contributed by atoms with Crippen LogP contribution in [0.1, 0.15) is 31.1 Å². The summed E-state index contributed by atoms with van der Waals surface area (Å²) >= 11 is 5.72. The summed E-state index contributed by atoms with van der Waals surface area (Å²) in [4.78, 5) is 19.0. The van der Waals surface area contributed by atoms with E-state index in [0.29, 0.717) is 0 Å². The number of anilines is 1. The highest BCUT2D eigenvalue weighted by atomic mass is 35.5. The summed E-state index contributed by atoms with van der Waals surface area (Å²) in [5.41, 5.74) is 4.90. The molecule has 1 aromatic heterocycles. The van der Waals surface area contributed by atoms with Gasteiger partial charge >= 0.3 is 5.97 Å². The van der Waals surface area contributed by atoms with E-state index in [2.05, 4.69) is 9.97 Å². The lowest BCUT2D eigenvalue weighted by molar-refractivity contribution is 0.00702. The first-order chi connectivity index (χ1) is 6.81. The molecule has 0 amide bonds. The molecule has 0 aliphatic heterocycles. The predicted octanol–water partition coefficient (Wildman–Crippen LogP) is 1.67. The number of aromatic nitrogens is 2. The number of rotatable bonds is 1. The Morgan fingerprint density at radius 1 is 1.47 bits per heavy atom. The van der Waals surface area contributed by atoms with Crippen LogP contribution in [0.5, 0.6) is 0 Å². The van der Waals surface area contributed by atoms with Gasteiger partial charge in [-0.3, -0.25) is 0 Å². The number of nitrogens with two attached hydrogens (primary N) is 1. The van der Waals surface area contributed by atoms with Gasteiger partial charge in [0.1, 0.15) is 28.5 Å². The standard InChI is InChI=1S/C9H12ClN3O2/c1-9(2,3)15-8(14)5-6(10)12-4-13-7(5)11/h4H,1-3H3,(H2,11,12,13). The Kier molecular flexibility index (Phi) is 3.14. The minimum Gasteiger partial charge on any atom is -0.456 e. The smallest absolute Gasteiger partial charge is 0.345 e. The molecule has 1 rings (SSSR count). The molecule has 0 aromatic carbocycles. The molecule has 0 bridgehead atoms. The Balaban J connectivity index is 3.02. The lowest BCUT2D eigenvalue weighted by atomic mass is 10.2. The molecule has 0 unspecified atom stereocenters. The van der Waals surface area contributed by atoms with Gasteiger partial charge in [0.05, 0.1) is 0 Å². The fraction of sp³-hybridized carbons (Fsp3) is 0.444. The first-order valence-corrected chi connectivity index (χ1v) is 4.68. The summed E-state index contributed by atoms with van der Waals surface area (Å²) in [5, 5.41) is -0.00301. The first-order valence-electron chi connectivity index (χ1n) is 4.30. The van der Waals surface area contributed by atoms with Crippen LogP contribution < -0.4 is 5.73 Å². The Labute approximate surface area is 92.6 Å². The molecule has 0 saturated carbocycles. The van der Waals surface area contributed by atoms with Gasteiger partial charge in [-0.2, -0.15) is 0 Å². The predicted molar refractivity (Wildman–Crippen MR) is 56.6 cm³/mol. The Hall–Kier alpha value is -1.36. The number of carbonyl (C=O) groups excluding carboxylic acids is 1. The SMILES string of the molecule is CC(C)(C)OC(=O)c1c(N)ncnc1Cl. The van der Waals surface area contributed by atoms with E-state index in [0.717, 1.165) is 0 Å². The molecule has 0 aliphatic carbocycles. The zero-order valence-corrected chi connectivity index (χ0v) is 9.50. The summed E-state index contributed by atoms with van der Waals surface area (Å²) in [5.74, 6) is -0.602. The number of hydrogen-bond donors (Lipinski definition) is 1. The van der Waals surface area contributed by atoms with Crippen LogP contribution in [-0.2, 0) is 4.74 Å². The molecule has 15 heavy (non-hydrogen) atoms. The topological polar surface area (TPSA) is 78.1 Å². The fourth-order valence-corrected chi connectivity index (χ4v) is 1.11. The molecule has 5 nitrogen and oxygen atoms in total. The number of nitrogen functional groups attached to an aromatic ring is 1. The quantitative estimate of drug-likeness (QED) is 0.585. The lowest BCUT2D eigenvalue weighted by Gasteiger charge is -2.19. The van der Waals surface area contributed by atoms with Crippen LogP contribution in [0.2, 0.25) is 5.15 Å². The van der Waals surface area contributed by atoms with Crippen LogP contribution in [0.4, 0.5) is 5.82 Å². The molecular formula is C9H12ClN3O2. The Morgan fingerprint density at radius 3 is 2.53 bits per heavy atom. The maximum absolute atomic E-state index is 11.6. The van der Waals surface area contributed by atoms with Crippen LogP contribution >= 0.6 is 11.6 Å². The van der Waals surface area contributed by atoms with E-state index in [9.17, 15) is 4.79 Å². The summed E-state index contributed by atoms with van der Waals surface area (Å²) < 4.78 is 5.10. The van der Waals surface area contributed by atoms with Crippen molar-refractivity contribution >= 4 is 23.4 Å². The fourth-order valence-electron chi connectivity index (χ4n) is 0.894. The number of nitrogens with zero attached hydrogens (tertiary/aromatic N) is 2. The molecule has 6 heteroatoms. The van der Waals surface area contributed by atoms with Gasteiger partial charge in [0.15, 0.2) is 0 Å². The molecule has 1 aromatic rings. The minimum atomic E-state index is -0.620. The number of carbonyl (C=O) groups is 1. The molecule has 0 fully saturated rings. The van der Waals surface area contributed by atoms with Gasteiger partial charge in [-0.25, -0.2) is 14.8 Å². The Bertz CT molecular complexity index is 367. The largest absolute Gasteiger partial charge is 0.456 e. The van der Waals surface area contributed by atoms with Gasteiger partial charge in [0.25, 0.3) is 0 Å². The summed E-state index contributed by atoms with van der Waals surface area (Å²) in [7, 11) is 0. The minimum absolute atomic E-state index is 0.00301. The number of halogens is 1. The maximum Gasteiger partial charge on any atom is 0.345 e. The number of hydrogen-bond acceptors (Lipinski definition) is 5. The van der Waals surface area contributed by atoms with Crippen LogP contribution in [-0.4, -0.2) is 21.5 Å².